The van der Waals surface area contributed by atoms with E-state index in [9.17, 15) is 22.0 Å². The molecule has 3 aliphatic heterocycles. The lowest BCUT2D eigenvalue weighted by Gasteiger charge is -2.41. The molecule has 2 aromatic carbocycles. The normalized spacial score (nSPS) is 22.3. The van der Waals surface area contributed by atoms with Crippen molar-refractivity contribution in [3.8, 4) is 0 Å². The molecule has 13 heteroatoms. The molecule has 4 heterocycles. The number of aromatic nitrogens is 2. The highest BCUT2D eigenvalue weighted by molar-refractivity contribution is 7.91. The lowest BCUT2D eigenvalue weighted by Crippen LogP contribution is -2.48. The van der Waals surface area contributed by atoms with Crippen LogP contribution in [0.3, 0.4) is 0 Å². The topological polar surface area (TPSA) is 120 Å². The summed E-state index contributed by atoms with van der Waals surface area (Å²) in [4.78, 5) is 18.3. The smallest absolute Gasteiger partial charge is 0.258 e. The van der Waals surface area contributed by atoms with Crippen LogP contribution in [-0.4, -0.2) is 91.8 Å². The van der Waals surface area contributed by atoms with Gasteiger partial charge in [0.2, 0.25) is 9.84 Å². The van der Waals surface area contributed by atoms with Crippen LogP contribution in [0.1, 0.15) is 44.9 Å². The van der Waals surface area contributed by atoms with Crippen molar-refractivity contribution in [1.29, 1.82) is 0 Å². The number of rotatable bonds is 8. The number of fused-ring (bicyclic) bond motifs is 1. The fourth-order valence-electron chi connectivity index (χ4n) is 7.32. The number of hydrogen-bond acceptors (Lipinski definition) is 8. The summed E-state index contributed by atoms with van der Waals surface area (Å²) < 4.78 is 59.8. The molecule has 7 rings (SSSR count). The van der Waals surface area contributed by atoms with Crippen LogP contribution in [0.5, 0.6) is 0 Å². The van der Waals surface area contributed by atoms with Crippen molar-refractivity contribution in [1.82, 2.24) is 25.3 Å². The second kappa shape index (κ2) is 13.5. The molecule has 47 heavy (non-hydrogen) atoms. The molecule has 0 bridgehead atoms. The molecule has 1 unspecified atom stereocenters. The van der Waals surface area contributed by atoms with E-state index in [1.54, 1.807) is 0 Å². The molecule has 0 radical (unpaired) electrons. The average Bonchev–Trinajstić information content (AvgIpc) is 3.76. The van der Waals surface area contributed by atoms with E-state index < -0.39 is 26.4 Å². The molecule has 1 aromatic heterocycles. The first-order valence-electron chi connectivity index (χ1n) is 16.5. The number of hydrogen-bond donors (Lipinski definition) is 3. The summed E-state index contributed by atoms with van der Waals surface area (Å²) in [6.07, 6.45) is 11.3. The van der Waals surface area contributed by atoms with E-state index in [1.807, 2.05) is 6.08 Å². The number of halogens is 2. The van der Waals surface area contributed by atoms with Crippen LogP contribution in [0.15, 0.2) is 69.6 Å². The van der Waals surface area contributed by atoms with Crippen molar-refractivity contribution in [2.45, 2.75) is 72.9 Å². The molecule has 3 saturated heterocycles. The maximum Gasteiger partial charge on any atom is 0.258 e. The summed E-state index contributed by atoms with van der Waals surface area (Å²) in [5.41, 5.74) is 1.88. The molecule has 3 fully saturated rings. The maximum absolute atomic E-state index is 13.9. The first kappa shape index (κ1) is 31.9. The number of carbonyl (C=O) groups excluding carboxylic acids is 1. The van der Waals surface area contributed by atoms with E-state index in [2.05, 4.69) is 36.7 Å². The number of aromatic amines is 1. The number of anilines is 1. The monoisotopic (exact) mass is 666 g/mol. The Morgan fingerprint density at radius 1 is 0.915 bits per heavy atom. The number of piperidine rings is 1. The minimum atomic E-state index is -4.25. The largest absolute Gasteiger partial charge is 0.385 e. The zero-order valence-corrected chi connectivity index (χ0v) is 27.0. The number of benzene rings is 2. The number of ether oxygens (including phenoxy) is 1. The van der Waals surface area contributed by atoms with Crippen LogP contribution in [0, 0.1) is 11.6 Å². The van der Waals surface area contributed by atoms with E-state index in [1.165, 1.54) is 44.1 Å². The number of amides is 1. The zero-order chi connectivity index (χ0) is 32.5. The molecule has 1 atom stereocenters. The van der Waals surface area contributed by atoms with Crippen molar-refractivity contribution in [3.05, 3.63) is 71.5 Å². The van der Waals surface area contributed by atoms with Gasteiger partial charge in [-0.05, 0) is 81.9 Å². The van der Waals surface area contributed by atoms with Gasteiger partial charge >= 0.3 is 0 Å². The molecule has 1 amide bonds. The summed E-state index contributed by atoms with van der Waals surface area (Å²) in [6, 6.07) is 7.40. The van der Waals surface area contributed by atoms with Gasteiger partial charge in [0, 0.05) is 68.0 Å². The third-order valence-corrected chi connectivity index (χ3v) is 11.6. The molecule has 250 valence electrons. The van der Waals surface area contributed by atoms with Crippen LogP contribution in [0.4, 0.5) is 14.6 Å². The van der Waals surface area contributed by atoms with Gasteiger partial charge in [0.1, 0.15) is 11.6 Å². The molecular weight excluding hydrogens is 626 g/mol. The zero-order valence-electron chi connectivity index (χ0n) is 26.2. The molecule has 3 aromatic rings. The minimum absolute atomic E-state index is 0.157. The average molecular weight is 667 g/mol. The minimum Gasteiger partial charge on any atom is -0.385 e. The predicted octanol–water partition coefficient (Wildman–Crippen LogP) is 4.52. The number of carbonyl (C=O) groups is 1. The SMILES string of the molecule is O=C(Nc1n[nH]c2ccc(S(=O)(=O)c3cc(F)cc(F)c3)cc12)C1=C(NC2CCOCC2)CC(N2CCC(N3CCCC3)CC2)C=C1. The van der Waals surface area contributed by atoms with Crippen LogP contribution in [0.25, 0.3) is 10.9 Å². The van der Waals surface area contributed by atoms with Crippen molar-refractivity contribution in [3.63, 3.8) is 0 Å². The van der Waals surface area contributed by atoms with E-state index in [4.69, 9.17) is 4.74 Å². The van der Waals surface area contributed by atoms with E-state index in [0.29, 0.717) is 48.2 Å². The fourth-order valence-corrected chi connectivity index (χ4v) is 8.65. The molecule has 1 aliphatic carbocycles. The Morgan fingerprint density at radius 3 is 2.36 bits per heavy atom. The van der Waals surface area contributed by atoms with E-state index >= 15 is 0 Å². The molecule has 0 saturated carbocycles. The standard InChI is InChI=1S/C34H40F2N6O4S/c35-22-17-23(36)19-28(18-22)47(44,45)27-4-6-31-30(21-27)33(40-39-31)38-34(43)29-5-3-26(20-32(29)37-24-9-15-46-16-10-24)42-13-7-25(8-14-42)41-11-1-2-12-41/h3-6,17-19,21,24-26,37H,1-2,7-16,20H2,(H2,38,39,40,43). The Labute approximate surface area is 273 Å². The van der Waals surface area contributed by atoms with Gasteiger partial charge < -0.3 is 20.3 Å². The van der Waals surface area contributed by atoms with Gasteiger partial charge in [0.05, 0.1) is 20.9 Å². The second-order valence-corrected chi connectivity index (χ2v) is 14.9. The molecule has 4 aliphatic rings. The fraction of sp³-hybridized carbons (Fsp3) is 0.471. The van der Waals surface area contributed by atoms with Crippen molar-refractivity contribution < 1.29 is 26.7 Å². The Morgan fingerprint density at radius 2 is 1.64 bits per heavy atom. The highest BCUT2D eigenvalue weighted by Gasteiger charge is 2.32. The van der Waals surface area contributed by atoms with Crippen LogP contribution in [0.2, 0.25) is 0 Å². The van der Waals surface area contributed by atoms with Crippen LogP contribution in [-0.2, 0) is 19.4 Å². The van der Waals surface area contributed by atoms with Gasteiger partial charge in [0.25, 0.3) is 5.91 Å². The Kier molecular flexibility index (Phi) is 9.14. The maximum atomic E-state index is 13.9. The lowest BCUT2D eigenvalue weighted by atomic mass is 9.93. The Balaban J connectivity index is 1.11. The summed E-state index contributed by atoms with van der Waals surface area (Å²) in [5, 5.41) is 14.0. The summed E-state index contributed by atoms with van der Waals surface area (Å²) in [7, 11) is -4.25. The summed E-state index contributed by atoms with van der Waals surface area (Å²) in [5.74, 6) is -2.19. The third kappa shape index (κ3) is 6.85. The molecule has 10 nitrogen and oxygen atoms in total. The van der Waals surface area contributed by atoms with E-state index in [0.717, 1.165) is 56.6 Å². The van der Waals surface area contributed by atoms with E-state index in [-0.39, 0.29) is 28.7 Å². The summed E-state index contributed by atoms with van der Waals surface area (Å²) in [6.45, 7) is 5.81. The Bertz CT molecular complexity index is 1790. The number of nitrogens with one attached hydrogen (secondary N) is 3. The quantitative estimate of drug-likeness (QED) is 0.321. The van der Waals surface area contributed by atoms with Crippen molar-refractivity contribution in [2.24, 2.45) is 0 Å². The number of nitrogens with zero attached hydrogens (tertiary/aromatic N) is 3. The van der Waals surface area contributed by atoms with Crippen molar-refractivity contribution >= 4 is 32.5 Å². The molecular formula is C34H40F2N6O4S. The predicted molar refractivity (Wildman–Crippen MR) is 173 cm³/mol. The van der Waals surface area contributed by atoms with Gasteiger partial charge in [-0.1, -0.05) is 12.2 Å². The van der Waals surface area contributed by atoms with Gasteiger partial charge in [-0.25, -0.2) is 17.2 Å². The number of likely N-dealkylation sites (tertiary alicyclic amines) is 2. The highest BCUT2D eigenvalue weighted by Crippen LogP contribution is 2.31. The van der Waals surface area contributed by atoms with Gasteiger partial charge in [-0.2, -0.15) is 5.10 Å². The number of sulfone groups is 1. The first-order chi connectivity index (χ1) is 22.7. The van der Waals surface area contributed by atoms with Gasteiger partial charge in [-0.3, -0.25) is 14.8 Å². The Hall–Kier alpha value is -3.65. The highest BCUT2D eigenvalue weighted by atomic mass is 32.2. The first-order valence-corrected chi connectivity index (χ1v) is 18.0. The molecule has 0 spiro atoms. The van der Waals surface area contributed by atoms with Crippen LogP contribution >= 0.6 is 0 Å². The van der Waals surface area contributed by atoms with Crippen molar-refractivity contribution in [2.75, 3.05) is 44.7 Å². The molecule has 3 N–H and O–H groups in total. The summed E-state index contributed by atoms with van der Waals surface area (Å²) >= 11 is 0. The van der Waals surface area contributed by atoms with Gasteiger partial charge in [0.15, 0.2) is 5.82 Å². The number of H-pyrrole nitrogens is 1. The van der Waals surface area contributed by atoms with Crippen LogP contribution < -0.4 is 10.6 Å². The second-order valence-electron chi connectivity index (χ2n) is 12.9. The third-order valence-electron chi connectivity index (χ3n) is 9.92. The lowest BCUT2D eigenvalue weighted by molar-refractivity contribution is -0.112. The van der Waals surface area contributed by atoms with Gasteiger partial charge in [-0.15, -0.1) is 0 Å².